The molecule has 2 aliphatic rings. The first-order chi connectivity index (χ1) is 9.11. The van der Waals surface area contributed by atoms with Crippen LogP contribution in [0.15, 0.2) is 0 Å². The number of amides is 1. The van der Waals surface area contributed by atoms with Crippen LogP contribution >= 0.6 is 0 Å². The third-order valence-corrected chi connectivity index (χ3v) is 4.05. The van der Waals surface area contributed by atoms with E-state index >= 15 is 0 Å². The molecule has 1 amide bonds. The van der Waals surface area contributed by atoms with Gasteiger partial charge in [0.05, 0.1) is 25.3 Å². The number of carbonyl (C=O) groups is 1. The van der Waals surface area contributed by atoms with Gasteiger partial charge in [0.1, 0.15) is 5.54 Å². The predicted octanol–water partition coefficient (Wildman–Crippen LogP) is 0.568. The Balaban J connectivity index is 2.01. The van der Waals surface area contributed by atoms with E-state index in [1.807, 2.05) is 0 Å². The first kappa shape index (κ1) is 14.1. The molecular weight excluding hydrogens is 246 g/mol. The third kappa shape index (κ3) is 2.82. The largest absolute Gasteiger partial charge is 0.450 e. The van der Waals surface area contributed by atoms with Gasteiger partial charge in [0.2, 0.25) is 0 Å². The second-order valence-corrected chi connectivity index (χ2v) is 5.23. The lowest BCUT2D eigenvalue weighted by molar-refractivity contribution is 0.0396. The van der Waals surface area contributed by atoms with Crippen LogP contribution in [0, 0.1) is 11.3 Å². The zero-order chi connectivity index (χ0) is 13.9. The summed E-state index contributed by atoms with van der Waals surface area (Å²) in [6.45, 7) is 4.52. The molecule has 0 radical (unpaired) electrons. The molecule has 0 aromatic carbocycles. The first-order valence-electron chi connectivity index (χ1n) is 6.87. The van der Waals surface area contributed by atoms with E-state index in [0.29, 0.717) is 52.0 Å². The average Bonchev–Trinajstić information content (AvgIpc) is 2.86. The van der Waals surface area contributed by atoms with E-state index < -0.39 is 5.54 Å². The van der Waals surface area contributed by atoms with Crippen molar-refractivity contribution < 1.29 is 14.6 Å². The van der Waals surface area contributed by atoms with Gasteiger partial charge in [0.15, 0.2) is 0 Å². The van der Waals surface area contributed by atoms with E-state index in [0.717, 1.165) is 0 Å². The monoisotopic (exact) mass is 267 g/mol. The number of piperidine rings is 1. The average molecular weight is 267 g/mol. The number of aliphatic hydroxyl groups is 1. The fourth-order valence-electron chi connectivity index (χ4n) is 2.88. The molecule has 106 valence electrons. The second-order valence-electron chi connectivity index (χ2n) is 5.23. The van der Waals surface area contributed by atoms with Crippen molar-refractivity contribution in [2.45, 2.75) is 37.8 Å². The lowest BCUT2D eigenvalue weighted by Gasteiger charge is -2.39. The lowest BCUT2D eigenvalue weighted by atomic mass is 9.94. The summed E-state index contributed by atoms with van der Waals surface area (Å²) < 4.78 is 4.99. The smallest absolute Gasteiger partial charge is 0.409 e. The van der Waals surface area contributed by atoms with Gasteiger partial charge >= 0.3 is 6.09 Å². The van der Waals surface area contributed by atoms with E-state index in [4.69, 9.17) is 4.74 Å². The van der Waals surface area contributed by atoms with Crippen LogP contribution < -0.4 is 0 Å². The van der Waals surface area contributed by atoms with Crippen molar-refractivity contribution in [1.82, 2.24) is 9.80 Å². The zero-order valence-electron chi connectivity index (χ0n) is 11.3. The molecule has 2 saturated heterocycles. The highest BCUT2D eigenvalue weighted by atomic mass is 16.6. The van der Waals surface area contributed by atoms with Crippen molar-refractivity contribution in [1.29, 1.82) is 5.26 Å². The third-order valence-electron chi connectivity index (χ3n) is 4.05. The van der Waals surface area contributed by atoms with Crippen molar-refractivity contribution in [3.05, 3.63) is 0 Å². The van der Waals surface area contributed by atoms with E-state index in [9.17, 15) is 15.2 Å². The van der Waals surface area contributed by atoms with Crippen LogP contribution in [0.4, 0.5) is 4.79 Å². The van der Waals surface area contributed by atoms with Crippen LogP contribution in [-0.4, -0.2) is 65.4 Å². The van der Waals surface area contributed by atoms with Crippen molar-refractivity contribution in [2.75, 3.05) is 32.8 Å². The molecule has 0 spiro atoms. The molecule has 0 saturated carbocycles. The Hall–Kier alpha value is -1.32. The summed E-state index contributed by atoms with van der Waals surface area (Å²) in [6, 6.07) is 2.38. The number of nitriles is 1. The Morgan fingerprint density at radius 1 is 1.47 bits per heavy atom. The van der Waals surface area contributed by atoms with Gasteiger partial charge in [-0.15, -0.1) is 0 Å². The molecule has 6 heteroatoms. The van der Waals surface area contributed by atoms with E-state index in [-0.39, 0.29) is 12.2 Å². The number of hydrogen-bond acceptors (Lipinski definition) is 5. The maximum atomic E-state index is 11.7. The molecule has 6 nitrogen and oxygen atoms in total. The summed E-state index contributed by atoms with van der Waals surface area (Å²) in [4.78, 5) is 15.4. The van der Waals surface area contributed by atoms with E-state index in [2.05, 4.69) is 11.0 Å². The molecule has 0 aromatic heterocycles. The maximum absolute atomic E-state index is 11.7. The van der Waals surface area contributed by atoms with Crippen LogP contribution in [0.1, 0.15) is 26.2 Å². The van der Waals surface area contributed by atoms with Gasteiger partial charge < -0.3 is 14.7 Å². The number of aliphatic hydroxyl groups excluding tert-OH is 1. The molecule has 1 atom stereocenters. The van der Waals surface area contributed by atoms with Gasteiger partial charge in [0.25, 0.3) is 0 Å². The van der Waals surface area contributed by atoms with E-state index in [1.165, 1.54) is 0 Å². The first-order valence-corrected chi connectivity index (χ1v) is 6.87. The second kappa shape index (κ2) is 5.76. The van der Waals surface area contributed by atoms with Crippen LogP contribution in [0.3, 0.4) is 0 Å². The Kier molecular flexibility index (Phi) is 4.27. The van der Waals surface area contributed by atoms with Gasteiger partial charge in [0, 0.05) is 19.6 Å². The standard InChI is InChI=1S/C13H21N3O3/c1-2-19-12(18)15-8-5-13(9-14,10-15)16-6-3-11(17)4-7-16/h11,17H,2-8,10H2,1H3/t13-/m0/s1. The minimum Gasteiger partial charge on any atom is -0.450 e. The molecule has 19 heavy (non-hydrogen) atoms. The molecule has 0 unspecified atom stereocenters. The SMILES string of the molecule is CCOC(=O)N1CC[C@@](C#N)(N2CCC(O)CC2)C1. The fourth-order valence-corrected chi connectivity index (χ4v) is 2.88. The summed E-state index contributed by atoms with van der Waals surface area (Å²) in [7, 11) is 0. The highest BCUT2D eigenvalue weighted by Crippen LogP contribution is 2.30. The topological polar surface area (TPSA) is 76.8 Å². The van der Waals surface area contributed by atoms with Gasteiger partial charge in [-0.3, -0.25) is 4.90 Å². The van der Waals surface area contributed by atoms with Crippen LogP contribution in [0.25, 0.3) is 0 Å². The lowest BCUT2D eigenvalue weighted by Crippen LogP contribution is -2.53. The summed E-state index contributed by atoms with van der Waals surface area (Å²) in [5, 5.41) is 19.1. The van der Waals surface area contributed by atoms with Crippen LogP contribution in [0.2, 0.25) is 0 Å². The Labute approximate surface area is 113 Å². The summed E-state index contributed by atoms with van der Waals surface area (Å²) >= 11 is 0. The molecule has 2 heterocycles. The Morgan fingerprint density at radius 3 is 2.74 bits per heavy atom. The Morgan fingerprint density at radius 2 is 2.16 bits per heavy atom. The summed E-state index contributed by atoms with van der Waals surface area (Å²) in [5.74, 6) is 0. The number of nitrogens with zero attached hydrogens (tertiary/aromatic N) is 3. The fraction of sp³-hybridized carbons (Fsp3) is 0.846. The number of rotatable bonds is 2. The number of hydrogen-bond donors (Lipinski definition) is 1. The van der Waals surface area contributed by atoms with Crippen LogP contribution in [-0.2, 0) is 4.74 Å². The van der Waals surface area contributed by atoms with Crippen molar-refractivity contribution in [2.24, 2.45) is 0 Å². The highest BCUT2D eigenvalue weighted by Gasteiger charge is 2.46. The molecule has 1 N–H and O–H groups in total. The number of likely N-dealkylation sites (tertiary alicyclic amines) is 2. The summed E-state index contributed by atoms with van der Waals surface area (Å²) in [6.07, 6.45) is 1.45. The number of ether oxygens (including phenoxy) is 1. The normalized spacial score (nSPS) is 29.2. The Bertz CT molecular complexity index is 374. The van der Waals surface area contributed by atoms with Crippen molar-refractivity contribution >= 4 is 6.09 Å². The highest BCUT2D eigenvalue weighted by molar-refractivity contribution is 5.68. The molecular formula is C13H21N3O3. The zero-order valence-corrected chi connectivity index (χ0v) is 11.3. The molecule has 0 aromatic rings. The van der Waals surface area contributed by atoms with Crippen molar-refractivity contribution in [3.63, 3.8) is 0 Å². The molecule has 2 fully saturated rings. The van der Waals surface area contributed by atoms with Gasteiger partial charge in [-0.1, -0.05) is 0 Å². The molecule has 2 aliphatic heterocycles. The molecule has 0 bridgehead atoms. The van der Waals surface area contributed by atoms with Gasteiger partial charge in [-0.05, 0) is 26.2 Å². The maximum Gasteiger partial charge on any atom is 0.409 e. The summed E-state index contributed by atoms with van der Waals surface area (Å²) in [5.41, 5.74) is -0.604. The van der Waals surface area contributed by atoms with E-state index in [1.54, 1.807) is 11.8 Å². The molecule has 2 rings (SSSR count). The van der Waals surface area contributed by atoms with Crippen molar-refractivity contribution in [3.8, 4) is 6.07 Å². The minimum absolute atomic E-state index is 0.255. The predicted molar refractivity (Wildman–Crippen MR) is 68.4 cm³/mol. The van der Waals surface area contributed by atoms with Gasteiger partial charge in [-0.25, -0.2) is 4.79 Å². The number of carbonyl (C=O) groups excluding carboxylic acids is 1. The molecule has 0 aliphatic carbocycles. The van der Waals surface area contributed by atoms with Crippen LogP contribution in [0.5, 0.6) is 0 Å². The minimum atomic E-state index is -0.604. The van der Waals surface area contributed by atoms with Gasteiger partial charge in [-0.2, -0.15) is 5.26 Å². The quantitative estimate of drug-likeness (QED) is 0.791.